The Balaban J connectivity index is 4.77. The summed E-state index contributed by atoms with van der Waals surface area (Å²) in [6.07, 6.45) is -14.7. The van der Waals surface area contributed by atoms with E-state index in [1.807, 2.05) is 0 Å². The summed E-state index contributed by atoms with van der Waals surface area (Å²) in [5, 5.41) is 0. The van der Waals surface area contributed by atoms with E-state index in [-0.39, 0.29) is 0 Å². The van der Waals surface area contributed by atoms with Gasteiger partial charge in [-0.15, -0.1) is 0 Å². The van der Waals surface area contributed by atoms with Gasteiger partial charge in [0.1, 0.15) is 6.67 Å². The summed E-state index contributed by atoms with van der Waals surface area (Å²) in [5.74, 6) is 0. The zero-order chi connectivity index (χ0) is 10.9. The highest BCUT2D eigenvalue weighted by molar-refractivity contribution is 4.93. The van der Waals surface area contributed by atoms with Crippen molar-refractivity contribution in [1.82, 2.24) is 0 Å². The topological polar surface area (TPSA) is 0 Å². The van der Waals surface area contributed by atoms with Crippen molar-refractivity contribution in [3.8, 4) is 0 Å². The maximum atomic E-state index is 12.3. The molecule has 0 saturated carbocycles. The molecule has 13 heavy (non-hydrogen) atoms. The van der Waals surface area contributed by atoms with Crippen molar-refractivity contribution in [1.29, 1.82) is 0 Å². The maximum Gasteiger partial charge on any atom is 0.423 e. The van der Waals surface area contributed by atoms with Crippen LogP contribution in [0.1, 0.15) is 0 Å². The van der Waals surface area contributed by atoms with Crippen LogP contribution in [0.3, 0.4) is 0 Å². The second-order valence-corrected chi connectivity index (χ2v) is 2.27. The highest BCUT2D eigenvalue weighted by atomic mass is 19.4. The second-order valence-electron chi connectivity index (χ2n) is 2.27. The molecule has 0 spiro atoms. The molecular weight excluding hydrogens is 212 g/mol. The molecule has 0 radical (unpaired) electrons. The number of hydrogen-bond donors (Lipinski definition) is 0. The van der Waals surface area contributed by atoms with Crippen LogP contribution >= 0.6 is 0 Å². The van der Waals surface area contributed by atoms with Gasteiger partial charge in [-0.3, -0.25) is 0 Å². The Morgan fingerprint density at radius 3 is 1.38 bits per heavy atom. The first-order chi connectivity index (χ1) is 5.66. The number of halogens is 8. The lowest BCUT2D eigenvalue weighted by molar-refractivity contribution is -0.240. The van der Waals surface area contributed by atoms with Crippen molar-refractivity contribution in [3.05, 3.63) is 0 Å². The van der Waals surface area contributed by atoms with Gasteiger partial charge in [0.05, 0.1) is 0 Å². The third kappa shape index (κ3) is 2.44. The minimum atomic E-state index is -5.84. The average molecular weight is 216 g/mol. The number of rotatable bonds is 3. The Morgan fingerprint density at radius 1 is 0.923 bits per heavy atom. The average Bonchev–Trinajstić information content (AvgIpc) is 1.99. The first-order valence-corrected chi connectivity index (χ1v) is 2.90. The third-order valence-electron chi connectivity index (χ3n) is 1.28. The van der Waals surface area contributed by atoms with Gasteiger partial charge >= 0.3 is 6.18 Å². The van der Waals surface area contributed by atoms with E-state index < -0.39 is 31.1 Å². The molecule has 0 aliphatic heterocycles. The van der Waals surface area contributed by atoms with Gasteiger partial charge in [0.2, 0.25) is 11.8 Å². The van der Waals surface area contributed by atoms with Crippen molar-refractivity contribution in [2.45, 2.75) is 24.4 Å². The first kappa shape index (κ1) is 12.4. The Bertz CT molecular complexity index is 162. The zero-order valence-electron chi connectivity index (χ0n) is 5.89. The lowest BCUT2D eigenvalue weighted by Crippen LogP contribution is -2.51. The highest BCUT2D eigenvalue weighted by Crippen LogP contribution is 2.37. The number of alkyl halides is 8. The Labute approximate surface area is 67.5 Å². The van der Waals surface area contributed by atoms with Gasteiger partial charge in [-0.1, -0.05) is 0 Å². The van der Waals surface area contributed by atoms with E-state index in [1.165, 1.54) is 0 Å². The lowest BCUT2D eigenvalue weighted by Gasteiger charge is -2.26. The van der Waals surface area contributed by atoms with Gasteiger partial charge < -0.3 is 0 Å². The Kier molecular flexibility index (Phi) is 3.51. The van der Waals surface area contributed by atoms with Gasteiger partial charge in [-0.05, 0) is 0 Å². The quantitative estimate of drug-likeness (QED) is 0.636. The van der Waals surface area contributed by atoms with Gasteiger partial charge in [0.15, 0.2) is 0 Å². The molecule has 2 atom stereocenters. The Morgan fingerprint density at radius 2 is 1.31 bits per heavy atom. The van der Waals surface area contributed by atoms with Gasteiger partial charge in [-0.25, -0.2) is 22.0 Å². The molecule has 0 aliphatic rings. The summed E-state index contributed by atoms with van der Waals surface area (Å²) in [6, 6.07) is 0. The van der Waals surface area contributed by atoms with E-state index in [4.69, 9.17) is 0 Å². The Hall–Kier alpha value is -0.560. The van der Waals surface area contributed by atoms with Gasteiger partial charge in [0, 0.05) is 0 Å². The lowest BCUT2D eigenvalue weighted by atomic mass is 10.0. The van der Waals surface area contributed by atoms with Crippen LogP contribution in [0, 0.1) is 0 Å². The van der Waals surface area contributed by atoms with Crippen LogP contribution in [0.15, 0.2) is 0 Å². The summed E-state index contributed by atoms with van der Waals surface area (Å²) >= 11 is 0. The minimum Gasteiger partial charge on any atom is -0.247 e. The molecule has 8 heteroatoms. The molecular formula is C5H4F8. The SMILES string of the molecule is FCC(F)(C(F)F)C(F)C(F)(F)F. The maximum absolute atomic E-state index is 12.3. The van der Waals surface area contributed by atoms with E-state index in [0.717, 1.165) is 0 Å². The standard InChI is InChI=1S/C5H4F8/c6-1-4(10,3(8)9)2(7)5(11,12)13/h2-3H,1H2. The molecule has 0 heterocycles. The fourth-order valence-corrected chi connectivity index (χ4v) is 0.509. The van der Waals surface area contributed by atoms with Crippen molar-refractivity contribution in [2.75, 3.05) is 6.67 Å². The summed E-state index contributed by atoms with van der Waals surface area (Å²) in [5.41, 5.74) is -4.81. The summed E-state index contributed by atoms with van der Waals surface area (Å²) in [4.78, 5) is 0. The van der Waals surface area contributed by atoms with E-state index in [9.17, 15) is 35.1 Å². The smallest absolute Gasteiger partial charge is 0.247 e. The molecule has 0 nitrogen and oxygen atoms in total. The highest BCUT2D eigenvalue weighted by Gasteiger charge is 2.61. The molecule has 0 aromatic carbocycles. The monoisotopic (exact) mass is 216 g/mol. The molecule has 0 amide bonds. The van der Waals surface area contributed by atoms with Crippen LogP contribution in [0.5, 0.6) is 0 Å². The predicted molar refractivity (Wildman–Crippen MR) is 26.8 cm³/mol. The molecule has 0 rings (SSSR count). The molecule has 80 valence electrons. The van der Waals surface area contributed by atoms with Crippen molar-refractivity contribution in [2.24, 2.45) is 0 Å². The van der Waals surface area contributed by atoms with E-state index >= 15 is 0 Å². The second kappa shape index (κ2) is 3.67. The van der Waals surface area contributed by atoms with Crippen molar-refractivity contribution in [3.63, 3.8) is 0 Å². The van der Waals surface area contributed by atoms with E-state index in [1.54, 1.807) is 0 Å². The van der Waals surface area contributed by atoms with Crippen LogP contribution in [0.2, 0.25) is 0 Å². The van der Waals surface area contributed by atoms with Gasteiger partial charge in [0.25, 0.3) is 6.43 Å². The molecule has 0 N–H and O–H groups in total. The summed E-state index contributed by atoms with van der Waals surface area (Å²) in [6.45, 7) is -2.73. The summed E-state index contributed by atoms with van der Waals surface area (Å²) < 4.78 is 92.9. The summed E-state index contributed by atoms with van der Waals surface area (Å²) in [7, 11) is 0. The van der Waals surface area contributed by atoms with Crippen LogP contribution in [0.25, 0.3) is 0 Å². The third-order valence-corrected chi connectivity index (χ3v) is 1.28. The molecule has 2 unspecified atom stereocenters. The largest absolute Gasteiger partial charge is 0.423 e. The zero-order valence-corrected chi connectivity index (χ0v) is 5.89. The van der Waals surface area contributed by atoms with E-state index in [2.05, 4.69) is 0 Å². The fourth-order valence-electron chi connectivity index (χ4n) is 0.509. The predicted octanol–water partition coefficient (Wildman–Crippen LogP) is 2.83. The molecule has 0 bridgehead atoms. The van der Waals surface area contributed by atoms with Gasteiger partial charge in [-0.2, -0.15) is 13.2 Å². The van der Waals surface area contributed by atoms with Crippen LogP contribution in [-0.2, 0) is 0 Å². The molecule has 0 aliphatic carbocycles. The van der Waals surface area contributed by atoms with E-state index in [0.29, 0.717) is 0 Å². The fraction of sp³-hybridized carbons (Fsp3) is 1.00. The number of hydrogen-bond acceptors (Lipinski definition) is 0. The van der Waals surface area contributed by atoms with Crippen molar-refractivity contribution >= 4 is 0 Å². The van der Waals surface area contributed by atoms with Crippen molar-refractivity contribution < 1.29 is 35.1 Å². The molecule has 0 saturated heterocycles. The minimum absolute atomic E-state index is 2.73. The molecule has 0 aromatic heterocycles. The van der Waals surface area contributed by atoms with Crippen LogP contribution < -0.4 is 0 Å². The first-order valence-electron chi connectivity index (χ1n) is 2.90. The molecule has 0 fully saturated rings. The van der Waals surface area contributed by atoms with Crippen LogP contribution in [0.4, 0.5) is 35.1 Å². The normalized spacial score (nSPS) is 20.1. The molecule has 0 aromatic rings. The van der Waals surface area contributed by atoms with Crippen LogP contribution in [-0.4, -0.2) is 31.1 Å².